The molecule has 2 N–H and O–H groups in total. The summed E-state index contributed by atoms with van der Waals surface area (Å²) in [5.41, 5.74) is 0.353. The number of nitrogens with zero attached hydrogens (tertiary/aromatic N) is 1. The van der Waals surface area contributed by atoms with Crippen LogP contribution in [0.2, 0.25) is 15.1 Å². The minimum atomic E-state index is -1.20. The third-order valence-electron chi connectivity index (χ3n) is 3.79. The van der Waals surface area contributed by atoms with Crippen LogP contribution >= 0.6 is 34.8 Å². The molecule has 1 fully saturated rings. The summed E-state index contributed by atoms with van der Waals surface area (Å²) in [5, 5.41) is 5.35. The largest absolute Gasteiger partial charge is 0.336 e. The number of urea groups is 1. The minimum Gasteiger partial charge on any atom is -0.336 e. The van der Waals surface area contributed by atoms with Crippen LogP contribution in [0.15, 0.2) is 36.4 Å². The Kier molecular flexibility index (Phi) is 5.55. The Balaban J connectivity index is 1.84. The van der Waals surface area contributed by atoms with Gasteiger partial charge in [-0.1, -0.05) is 34.8 Å². The van der Waals surface area contributed by atoms with E-state index in [0.29, 0.717) is 15.7 Å². The van der Waals surface area contributed by atoms with E-state index in [-0.39, 0.29) is 17.3 Å². The van der Waals surface area contributed by atoms with Gasteiger partial charge in [0.15, 0.2) is 0 Å². The van der Waals surface area contributed by atoms with Gasteiger partial charge >= 0.3 is 6.03 Å². The van der Waals surface area contributed by atoms with Gasteiger partial charge in [-0.3, -0.25) is 9.59 Å². The molecule has 1 unspecified atom stereocenters. The fourth-order valence-electron chi connectivity index (χ4n) is 2.54. The van der Waals surface area contributed by atoms with Gasteiger partial charge in [0.05, 0.1) is 10.7 Å². The van der Waals surface area contributed by atoms with E-state index in [9.17, 15) is 18.8 Å². The van der Waals surface area contributed by atoms with Crippen LogP contribution in [0.5, 0.6) is 0 Å². The van der Waals surface area contributed by atoms with Crippen molar-refractivity contribution < 1.29 is 18.8 Å². The Morgan fingerprint density at radius 3 is 2.41 bits per heavy atom. The summed E-state index contributed by atoms with van der Waals surface area (Å²) in [6, 6.07) is 7.06. The zero-order valence-electron chi connectivity index (χ0n) is 13.4. The van der Waals surface area contributed by atoms with Crippen LogP contribution in [0.1, 0.15) is 0 Å². The number of imide groups is 1. The average Bonchev–Trinajstić information content (AvgIpc) is 2.57. The molecular weight excluding hydrogens is 420 g/mol. The van der Waals surface area contributed by atoms with Crippen LogP contribution < -0.4 is 15.5 Å². The summed E-state index contributed by atoms with van der Waals surface area (Å²) in [4.78, 5) is 38.1. The molecule has 10 heteroatoms. The third kappa shape index (κ3) is 4.16. The van der Waals surface area contributed by atoms with Crippen LogP contribution in [0.4, 0.5) is 20.6 Å². The van der Waals surface area contributed by atoms with Crippen molar-refractivity contribution in [3.05, 3.63) is 57.3 Å². The molecule has 140 valence electrons. The lowest BCUT2D eigenvalue weighted by molar-refractivity contribution is -0.130. The molecule has 1 atom stereocenters. The highest BCUT2D eigenvalue weighted by molar-refractivity contribution is 6.35. The molecule has 4 amide bonds. The van der Waals surface area contributed by atoms with Crippen molar-refractivity contribution >= 4 is 64.0 Å². The third-order valence-corrected chi connectivity index (χ3v) is 4.51. The lowest BCUT2D eigenvalue weighted by atomic mass is 10.0. The molecule has 0 bridgehead atoms. The lowest BCUT2D eigenvalue weighted by Crippen LogP contribution is -2.58. The molecule has 0 aliphatic carbocycles. The van der Waals surface area contributed by atoms with Crippen molar-refractivity contribution in [1.82, 2.24) is 5.32 Å². The molecule has 1 saturated heterocycles. The van der Waals surface area contributed by atoms with E-state index in [2.05, 4.69) is 10.6 Å². The number of amides is 4. The molecule has 1 aliphatic rings. The molecule has 0 spiro atoms. The first-order chi connectivity index (χ1) is 12.8. The van der Waals surface area contributed by atoms with Gasteiger partial charge < -0.3 is 10.6 Å². The van der Waals surface area contributed by atoms with E-state index >= 15 is 0 Å². The van der Waals surface area contributed by atoms with Crippen LogP contribution in [0.25, 0.3) is 0 Å². The molecule has 1 heterocycles. The SMILES string of the molecule is O=C(Nc1cc(Cl)cc(Cl)c1)C1CNC(=O)N(c2ccc(F)c(Cl)c2)C1=O. The number of benzene rings is 2. The number of hydrogen-bond acceptors (Lipinski definition) is 3. The Hall–Kier alpha value is -2.35. The van der Waals surface area contributed by atoms with Crippen molar-refractivity contribution in [3.63, 3.8) is 0 Å². The zero-order chi connectivity index (χ0) is 19.7. The zero-order valence-corrected chi connectivity index (χ0v) is 15.7. The second-order valence-corrected chi connectivity index (χ2v) is 6.94. The molecule has 27 heavy (non-hydrogen) atoms. The van der Waals surface area contributed by atoms with Gasteiger partial charge in [0, 0.05) is 22.3 Å². The highest BCUT2D eigenvalue weighted by Gasteiger charge is 2.39. The van der Waals surface area contributed by atoms with Crippen molar-refractivity contribution in [2.45, 2.75) is 0 Å². The highest BCUT2D eigenvalue weighted by Crippen LogP contribution is 2.27. The molecule has 0 saturated carbocycles. The first-order valence-electron chi connectivity index (χ1n) is 7.60. The van der Waals surface area contributed by atoms with Crippen molar-refractivity contribution in [2.75, 3.05) is 16.8 Å². The summed E-state index contributed by atoms with van der Waals surface area (Å²) in [7, 11) is 0. The maximum Gasteiger partial charge on any atom is 0.328 e. The summed E-state index contributed by atoms with van der Waals surface area (Å²) in [6.45, 7) is -0.191. The predicted octanol–water partition coefficient (Wildman–Crippen LogP) is 4.10. The molecule has 2 aromatic carbocycles. The maximum absolute atomic E-state index is 13.4. The molecule has 0 aromatic heterocycles. The minimum absolute atomic E-state index is 0.0483. The molecule has 6 nitrogen and oxygen atoms in total. The van der Waals surface area contributed by atoms with Gasteiger partial charge in [-0.25, -0.2) is 14.1 Å². The van der Waals surface area contributed by atoms with E-state index in [1.165, 1.54) is 24.3 Å². The summed E-state index contributed by atoms with van der Waals surface area (Å²) in [6.07, 6.45) is 0. The number of carbonyl (C=O) groups is 3. The Bertz CT molecular complexity index is 934. The molecule has 1 aliphatic heterocycles. The van der Waals surface area contributed by atoms with E-state index in [0.717, 1.165) is 17.0 Å². The number of halogens is 4. The van der Waals surface area contributed by atoms with E-state index < -0.39 is 29.6 Å². The number of anilines is 2. The summed E-state index contributed by atoms with van der Waals surface area (Å²) in [5.74, 6) is -3.33. The van der Waals surface area contributed by atoms with E-state index in [1.54, 1.807) is 0 Å². The maximum atomic E-state index is 13.4. The second-order valence-electron chi connectivity index (χ2n) is 5.66. The average molecular weight is 431 g/mol. The fraction of sp³-hybridized carbons (Fsp3) is 0.118. The first-order valence-corrected chi connectivity index (χ1v) is 8.73. The smallest absolute Gasteiger partial charge is 0.328 e. The Labute approximate surface area is 168 Å². The molecular formula is C17H11Cl3FN3O3. The van der Waals surface area contributed by atoms with Crippen LogP contribution in [-0.4, -0.2) is 24.4 Å². The number of rotatable bonds is 3. The number of hydrogen-bond donors (Lipinski definition) is 2. The topological polar surface area (TPSA) is 78.5 Å². The lowest BCUT2D eigenvalue weighted by Gasteiger charge is -2.30. The van der Waals surface area contributed by atoms with Crippen LogP contribution in [-0.2, 0) is 9.59 Å². The second kappa shape index (κ2) is 7.72. The number of carbonyl (C=O) groups excluding carboxylic acids is 3. The highest BCUT2D eigenvalue weighted by atomic mass is 35.5. The molecule has 0 radical (unpaired) electrons. The van der Waals surface area contributed by atoms with Gasteiger partial charge in [-0.05, 0) is 36.4 Å². The van der Waals surface area contributed by atoms with E-state index in [4.69, 9.17) is 34.8 Å². The fourth-order valence-corrected chi connectivity index (χ4v) is 3.24. The quantitative estimate of drug-likeness (QED) is 0.720. The van der Waals surface area contributed by atoms with Crippen molar-refractivity contribution in [2.24, 2.45) is 5.92 Å². The Morgan fingerprint density at radius 2 is 1.78 bits per heavy atom. The van der Waals surface area contributed by atoms with Gasteiger partial charge in [-0.15, -0.1) is 0 Å². The van der Waals surface area contributed by atoms with Gasteiger partial charge in [-0.2, -0.15) is 0 Å². The van der Waals surface area contributed by atoms with Crippen molar-refractivity contribution in [1.29, 1.82) is 0 Å². The summed E-state index contributed by atoms with van der Waals surface area (Å²) >= 11 is 17.5. The standard InChI is InChI=1S/C17H11Cl3FN3O3/c18-8-3-9(19)5-10(4-8)23-15(25)12-7-22-17(27)24(16(12)26)11-1-2-14(21)13(20)6-11/h1-6,12H,7H2,(H,22,27)(H,23,25). The number of nitrogens with one attached hydrogen (secondary N) is 2. The normalized spacial score (nSPS) is 16.9. The monoisotopic (exact) mass is 429 g/mol. The molecule has 3 rings (SSSR count). The molecule has 2 aromatic rings. The van der Waals surface area contributed by atoms with Crippen LogP contribution in [0, 0.1) is 11.7 Å². The van der Waals surface area contributed by atoms with Crippen molar-refractivity contribution in [3.8, 4) is 0 Å². The van der Waals surface area contributed by atoms with Gasteiger partial charge in [0.2, 0.25) is 11.8 Å². The summed E-state index contributed by atoms with van der Waals surface area (Å²) < 4.78 is 13.4. The first kappa shape index (κ1) is 19.4. The Morgan fingerprint density at radius 1 is 1.11 bits per heavy atom. The predicted molar refractivity (Wildman–Crippen MR) is 101 cm³/mol. The van der Waals surface area contributed by atoms with Gasteiger partial charge in [0.25, 0.3) is 0 Å². The van der Waals surface area contributed by atoms with Crippen LogP contribution in [0.3, 0.4) is 0 Å². The van der Waals surface area contributed by atoms with Gasteiger partial charge in [0.1, 0.15) is 11.7 Å². The van der Waals surface area contributed by atoms with E-state index in [1.807, 2.05) is 0 Å².